The Bertz CT molecular complexity index is 849. The maximum absolute atomic E-state index is 12.5. The summed E-state index contributed by atoms with van der Waals surface area (Å²) < 4.78 is 27.9. The van der Waals surface area contributed by atoms with Crippen molar-refractivity contribution in [2.45, 2.75) is 30.0 Å². The van der Waals surface area contributed by atoms with Crippen LogP contribution in [0.4, 0.5) is 10.8 Å². The lowest BCUT2D eigenvalue weighted by Crippen LogP contribution is -2.14. The van der Waals surface area contributed by atoms with E-state index in [1.807, 2.05) is 0 Å². The van der Waals surface area contributed by atoms with Crippen LogP contribution in [0, 0.1) is 23.0 Å². The van der Waals surface area contributed by atoms with Crippen LogP contribution in [-0.2, 0) is 10.0 Å². The van der Waals surface area contributed by atoms with Crippen molar-refractivity contribution >= 4 is 43.9 Å². The first-order chi connectivity index (χ1) is 11.2. The topological polar surface area (TPSA) is 115 Å². The minimum absolute atomic E-state index is 0.132. The number of thioether (sulfide) groups is 1. The Hall–Kier alpha value is -1.72. The number of benzene rings is 1. The molecule has 1 aromatic carbocycles. The van der Waals surface area contributed by atoms with Crippen LogP contribution in [0.5, 0.6) is 0 Å². The predicted octanol–water partition coefficient (Wildman–Crippen LogP) is 3.30. The van der Waals surface area contributed by atoms with Crippen LogP contribution in [-0.4, -0.2) is 29.3 Å². The molecule has 1 heterocycles. The van der Waals surface area contributed by atoms with Crippen molar-refractivity contribution in [2.24, 2.45) is 5.92 Å². The van der Waals surface area contributed by atoms with E-state index in [2.05, 4.69) is 28.8 Å². The summed E-state index contributed by atoms with van der Waals surface area (Å²) in [5.74, 6) is 1.33. The first kappa shape index (κ1) is 18.6. The fraction of sp³-hybridized carbons (Fsp3) is 0.385. The molecule has 8 nitrogen and oxygen atoms in total. The molecule has 1 aromatic heterocycles. The average Bonchev–Trinajstić information content (AvgIpc) is 2.91. The first-order valence-corrected chi connectivity index (χ1v) is 10.2. The maximum Gasteiger partial charge on any atom is 0.270 e. The molecule has 0 bridgehead atoms. The Kier molecular flexibility index (Phi) is 5.78. The predicted molar refractivity (Wildman–Crippen MR) is 94.1 cm³/mol. The highest BCUT2D eigenvalue weighted by molar-refractivity contribution is 8.01. The van der Waals surface area contributed by atoms with Gasteiger partial charge in [-0.3, -0.25) is 14.8 Å². The van der Waals surface area contributed by atoms with Gasteiger partial charge in [0.05, 0.1) is 9.82 Å². The summed E-state index contributed by atoms with van der Waals surface area (Å²) in [5.41, 5.74) is 0.124. The van der Waals surface area contributed by atoms with Gasteiger partial charge in [0.2, 0.25) is 5.13 Å². The van der Waals surface area contributed by atoms with Crippen molar-refractivity contribution in [1.29, 1.82) is 0 Å². The number of anilines is 1. The van der Waals surface area contributed by atoms with Crippen LogP contribution < -0.4 is 4.72 Å². The van der Waals surface area contributed by atoms with E-state index < -0.39 is 14.9 Å². The second-order valence-corrected chi connectivity index (χ2v) is 9.29. The van der Waals surface area contributed by atoms with Crippen molar-refractivity contribution in [2.75, 3.05) is 10.5 Å². The van der Waals surface area contributed by atoms with Crippen molar-refractivity contribution in [1.82, 2.24) is 10.2 Å². The van der Waals surface area contributed by atoms with E-state index in [4.69, 9.17) is 0 Å². The van der Waals surface area contributed by atoms with E-state index in [9.17, 15) is 18.5 Å². The van der Waals surface area contributed by atoms with E-state index in [0.717, 1.165) is 23.2 Å². The van der Waals surface area contributed by atoms with Gasteiger partial charge in [-0.15, -0.1) is 10.2 Å². The molecule has 0 atom stereocenters. The number of rotatable bonds is 7. The van der Waals surface area contributed by atoms with Crippen molar-refractivity contribution in [3.05, 3.63) is 33.9 Å². The molecule has 0 amide bonds. The zero-order valence-corrected chi connectivity index (χ0v) is 15.7. The van der Waals surface area contributed by atoms with Gasteiger partial charge < -0.3 is 0 Å². The molecular weight excluding hydrogens is 372 g/mol. The number of nitrogens with zero attached hydrogens (tertiary/aromatic N) is 3. The number of nitro benzene ring substituents is 1. The van der Waals surface area contributed by atoms with Gasteiger partial charge in [-0.1, -0.05) is 43.0 Å². The summed E-state index contributed by atoms with van der Waals surface area (Å²) in [7, 11) is -3.97. The SMILES string of the molecule is Cc1ccc([N+](=O)[O-])cc1S(=O)(=O)Nc1nnc(SCC(C)C)s1. The van der Waals surface area contributed by atoms with Crippen molar-refractivity contribution in [3.63, 3.8) is 0 Å². The third-order valence-corrected chi connectivity index (χ3v) is 6.85. The number of non-ortho nitro benzene ring substituents is 1. The normalized spacial score (nSPS) is 11.7. The maximum atomic E-state index is 12.5. The van der Waals surface area contributed by atoms with Crippen LogP contribution in [0.3, 0.4) is 0 Å². The molecule has 0 aliphatic carbocycles. The summed E-state index contributed by atoms with van der Waals surface area (Å²) in [5, 5.41) is 18.7. The molecule has 0 unspecified atom stereocenters. The highest BCUT2D eigenvalue weighted by Crippen LogP contribution is 2.29. The molecule has 0 aliphatic rings. The zero-order valence-electron chi connectivity index (χ0n) is 13.2. The number of aromatic nitrogens is 2. The third kappa shape index (κ3) is 4.65. The van der Waals surface area contributed by atoms with E-state index >= 15 is 0 Å². The quantitative estimate of drug-likeness (QED) is 0.439. The van der Waals surface area contributed by atoms with E-state index in [0.29, 0.717) is 15.8 Å². The molecular formula is C13H16N4O4S3. The molecule has 0 spiro atoms. The molecule has 0 saturated heterocycles. The fourth-order valence-electron chi connectivity index (χ4n) is 1.71. The largest absolute Gasteiger partial charge is 0.270 e. The molecule has 24 heavy (non-hydrogen) atoms. The van der Waals surface area contributed by atoms with Gasteiger partial charge in [0, 0.05) is 17.9 Å². The van der Waals surface area contributed by atoms with Crippen LogP contribution in [0.2, 0.25) is 0 Å². The third-order valence-electron chi connectivity index (χ3n) is 2.84. The van der Waals surface area contributed by atoms with E-state index in [1.165, 1.54) is 23.9 Å². The Morgan fingerprint density at radius 2 is 2.08 bits per heavy atom. The second-order valence-electron chi connectivity index (χ2n) is 5.39. The van der Waals surface area contributed by atoms with Gasteiger partial charge in [-0.2, -0.15) is 0 Å². The molecule has 130 valence electrons. The summed E-state index contributed by atoms with van der Waals surface area (Å²) >= 11 is 2.63. The Labute approximate surface area is 147 Å². The minimum Gasteiger partial charge on any atom is -0.258 e. The first-order valence-electron chi connectivity index (χ1n) is 6.93. The molecule has 11 heteroatoms. The zero-order chi connectivity index (χ0) is 17.9. The van der Waals surface area contributed by atoms with Crippen molar-refractivity contribution in [3.8, 4) is 0 Å². The molecule has 2 rings (SSSR count). The summed E-state index contributed by atoms with van der Waals surface area (Å²) in [6.45, 7) is 5.72. The van der Waals surface area contributed by atoms with Crippen LogP contribution in [0.15, 0.2) is 27.4 Å². The molecule has 0 saturated carbocycles. The molecule has 1 N–H and O–H groups in total. The van der Waals surface area contributed by atoms with Crippen molar-refractivity contribution < 1.29 is 13.3 Å². The second kappa shape index (κ2) is 7.45. The Morgan fingerprint density at radius 3 is 2.71 bits per heavy atom. The average molecular weight is 388 g/mol. The summed E-state index contributed by atoms with van der Waals surface area (Å²) in [6.07, 6.45) is 0. The van der Waals surface area contributed by atoms with Gasteiger partial charge in [0.15, 0.2) is 4.34 Å². The van der Waals surface area contributed by atoms with Crippen LogP contribution in [0.1, 0.15) is 19.4 Å². The fourth-order valence-corrected chi connectivity index (χ4v) is 4.93. The smallest absolute Gasteiger partial charge is 0.258 e. The molecule has 0 radical (unpaired) electrons. The van der Waals surface area contributed by atoms with E-state index in [-0.39, 0.29) is 15.7 Å². The lowest BCUT2D eigenvalue weighted by molar-refractivity contribution is -0.385. The molecule has 2 aromatic rings. The number of hydrogen-bond donors (Lipinski definition) is 1. The number of nitrogens with one attached hydrogen (secondary N) is 1. The van der Waals surface area contributed by atoms with Gasteiger partial charge in [-0.25, -0.2) is 8.42 Å². The molecule has 0 fully saturated rings. The number of hydrogen-bond acceptors (Lipinski definition) is 8. The number of sulfonamides is 1. The minimum atomic E-state index is -3.97. The number of nitro groups is 1. The van der Waals surface area contributed by atoms with E-state index in [1.54, 1.807) is 6.92 Å². The lowest BCUT2D eigenvalue weighted by Gasteiger charge is -2.07. The highest BCUT2D eigenvalue weighted by Gasteiger charge is 2.22. The van der Waals surface area contributed by atoms with Gasteiger partial charge in [-0.05, 0) is 18.4 Å². The Balaban J connectivity index is 2.23. The monoisotopic (exact) mass is 388 g/mol. The lowest BCUT2D eigenvalue weighted by atomic mass is 10.2. The summed E-state index contributed by atoms with van der Waals surface area (Å²) in [4.78, 5) is 10.1. The number of aryl methyl sites for hydroxylation is 1. The van der Waals surface area contributed by atoms with Crippen LogP contribution >= 0.6 is 23.1 Å². The van der Waals surface area contributed by atoms with Gasteiger partial charge in [0.1, 0.15) is 0 Å². The van der Waals surface area contributed by atoms with Crippen LogP contribution in [0.25, 0.3) is 0 Å². The highest BCUT2D eigenvalue weighted by atomic mass is 32.2. The molecule has 0 aliphatic heterocycles. The van der Waals surface area contributed by atoms with Gasteiger partial charge >= 0.3 is 0 Å². The standard InChI is InChI=1S/C13H16N4O4S3/c1-8(2)7-22-13-15-14-12(23-13)16-24(20,21)11-6-10(17(18)19)5-4-9(11)3/h4-6,8H,7H2,1-3H3,(H,14,16). The van der Waals surface area contributed by atoms with Gasteiger partial charge in [0.25, 0.3) is 15.7 Å². The Morgan fingerprint density at radius 1 is 1.38 bits per heavy atom. The summed E-state index contributed by atoms with van der Waals surface area (Å²) in [6, 6.07) is 3.70.